The Balaban J connectivity index is 1.70. The highest BCUT2D eigenvalue weighted by molar-refractivity contribution is 7.80. The summed E-state index contributed by atoms with van der Waals surface area (Å²) in [5.41, 5.74) is 2.12. The van der Waals surface area contributed by atoms with Gasteiger partial charge in [0.2, 0.25) is 0 Å². The lowest BCUT2D eigenvalue weighted by Gasteiger charge is -2.17. The lowest BCUT2D eigenvalue weighted by Crippen LogP contribution is -2.34. The van der Waals surface area contributed by atoms with Gasteiger partial charge in [-0.3, -0.25) is 10.1 Å². The van der Waals surface area contributed by atoms with E-state index in [9.17, 15) is 10.1 Å². The maximum atomic E-state index is 12.5. The van der Waals surface area contributed by atoms with E-state index < -0.39 is 0 Å². The molecule has 3 rings (SSSR count). The molecule has 0 unspecified atom stereocenters. The molecule has 146 valence electrons. The molecule has 0 bridgehead atoms. The summed E-state index contributed by atoms with van der Waals surface area (Å²) in [4.78, 5) is 13.7. The van der Waals surface area contributed by atoms with Crippen LogP contribution in [0.1, 0.15) is 46.6 Å². The second kappa shape index (κ2) is 8.91. The average molecular weight is 434 g/mol. The number of nitrogens with one attached hydrogen (secondary N) is 2. The molecule has 0 spiro atoms. The number of thiocarbonyl (C=S) groups is 1. The zero-order valence-electron chi connectivity index (χ0n) is 15.6. The summed E-state index contributed by atoms with van der Waals surface area (Å²) in [6.07, 6.45) is 2.96. The molecule has 1 aliphatic carbocycles. The third kappa shape index (κ3) is 4.46. The standard InChI is InChI=1S/C20H20ClN3O2S2/c1-3-26-16-7-5-12(9-15(16)21)18(25)23-20(27)24-19-14(10-22)13-6-4-11(2)8-17(13)28-19/h5,7,9,11H,3-4,6,8H2,1-2H3,(H2,23,24,25,27)/t11-/m1/s1. The van der Waals surface area contributed by atoms with Gasteiger partial charge in [0.1, 0.15) is 16.8 Å². The average Bonchev–Trinajstić information content (AvgIpc) is 2.99. The van der Waals surface area contributed by atoms with Crippen LogP contribution in [-0.2, 0) is 12.8 Å². The van der Waals surface area contributed by atoms with Gasteiger partial charge >= 0.3 is 0 Å². The molecule has 0 saturated carbocycles. The number of anilines is 1. The number of hydrogen-bond acceptors (Lipinski definition) is 5. The molecule has 5 nitrogen and oxygen atoms in total. The summed E-state index contributed by atoms with van der Waals surface area (Å²) >= 11 is 13.0. The first kappa shape index (κ1) is 20.6. The molecule has 2 N–H and O–H groups in total. The van der Waals surface area contributed by atoms with Gasteiger partial charge in [0, 0.05) is 10.4 Å². The minimum absolute atomic E-state index is 0.151. The zero-order chi connectivity index (χ0) is 20.3. The number of nitrogens with zero attached hydrogens (tertiary/aromatic N) is 1. The number of rotatable bonds is 4. The van der Waals surface area contributed by atoms with E-state index in [4.69, 9.17) is 28.6 Å². The van der Waals surface area contributed by atoms with Crippen LogP contribution in [0, 0.1) is 17.2 Å². The smallest absolute Gasteiger partial charge is 0.257 e. The second-order valence-electron chi connectivity index (χ2n) is 6.65. The molecule has 2 aromatic rings. The van der Waals surface area contributed by atoms with Gasteiger partial charge in [-0.2, -0.15) is 5.26 Å². The molecular weight excluding hydrogens is 414 g/mol. The van der Waals surface area contributed by atoms with Gasteiger partial charge in [-0.15, -0.1) is 11.3 Å². The maximum Gasteiger partial charge on any atom is 0.257 e. The summed E-state index contributed by atoms with van der Waals surface area (Å²) < 4.78 is 5.37. The Morgan fingerprint density at radius 1 is 1.50 bits per heavy atom. The van der Waals surface area contributed by atoms with Crippen LogP contribution in [0.5, 0.6) is 5.75 Å². The van der Waals surface area contributed by atoms with Crippen molar-refractivity contribution in [3.05, 3.63) is 44.8 Å². The van der Waals surface area contributed by atoms with E-state index in [1.54, 1.807) is 23.5 Å². The van der Waals surface area contributed by atoms with E-state index in [1.807, 2.05) is 6.92 Å². The second-order valence-corrected chi connectivity index (χ2v) is 8.57. The van der Waals surface area contributed by atoms with E-state index in [0.29, 0.717) is 39.4 Å². The van der Waals surface area contributed by atoms with E-state index in [0.717, 1.165) is 24.8 Å². The molecule has 8 heteroatoms. The third-order valence-corrected chi connectivity index (χ3v) is 6.24. The summed E-state index contributed by atoms with van der Waals surface area (Å²) in [6.45, 7) is 4.57. The molecule has 0 fully saturated rings. The number of thiophene rings is 1. The molecule has 1 amide bonds. The normalized spacial score (nSPS) is 15.3. The fourth-order valence-corrected chi connectivity index (χ4v) is 5.04. The number of benzene rings is 1. The first-order valence-corrected chi connectivity index (χ1v) is 10.6. The Morgan fingerprint density at radius 2 is 2.29 bits per heavy atom. The molecule has 1 atom stereocenters. The van der Waals surface area contributed by atoms with Gasteiger partial charge in [-0.1, -0.05) is 18.5 Å². The lowest BCUT2D eigenvalue weighted by molar-refractivity contribution is 0.0977. The van der Waals surface area contributed by atoms with Gasteiger partial charge in [0.15, 0.2) is 5.11 Å². The fraction of sp³-hybridized carbons (Fsp3) is 0.350. The van der Waals surface area contributed by atoms with Crippen LogP contribution in [0.2, 0.25) is 5.02 Å². The van der Waals surface area contributed by atoms with Crippen molar-refractivity contribution < 1.29 is 9.53 Å². The highest BCUT2D eigenvalue weighted by Gasteiger charge is 2.24. The quantitative estimate of drug-likeness (QED) is 0.669. The largest absolute Gasteiger partial charge is 0.492 e. The zero-order valence-corrected chi connectivity index (χ0v) is 18.0. The lowest BCUT2D eigenvalue weighted by atomic mass is 9.89. The minimum atomic E-state index is -0.379. The van der Waals surface area contributed by atoms with Crippen molar-refractivity contribution >= 4 is 51.2 Å². The van der Waals surface area contributed by atoms with Crippen LogP contribution < -0.4 is 15.4 Å². The first-order valence-electron chi connectivity index (χ1n) is 9.02. The number of halogens is 1. The number of fused-ring (bicyclic) bond motifs is 1. The Hall–Kier alpha value is -2.14. The number of carbonyl (C=O) groups is 1. The predicted molar refractivity (Wildman–Crippen MR) is 117 cm³/mol. The molecular formula is C20H20ClN3O2S2. The third-order valence-electron chi connectivity index (χ3n) is 4.57. The minimum Gasteiger partial charge on any atom is -0.492 e. The topological polar surface area (TPSA) is 74.2 Å². The van der Waals surface area contributed by atoms with Crippen molar-refractivity contribution in [2.75, 3.05) is 11.9 Å². The number of amides is 1. The van der Waals surface area contributed by atoms with Crippen LogP contribution in [0.25, 0.3) is 0 Å². The highest BCUT2D eigenvalue weighted by atomic mass is 35.5. The number of nitriles is 1. The molecule has 1 aliphatic rings. The van der Waals surface area contributed by atoms with E-state index in [1.165, 1.54) is 10.9 Å². The van der Waals surface area contributed by atoms with Crippen LogP contribution in [0.3, 0.4) is 0 Å². The van der Waals surface area contributed by atoms with E-state index in [-0.39, 0.29) is 11.0 Å². The molecule has 0 radical (unpaired) electrons. The summed E-state index contributed by atoms with van der Waals surface area (Å²) in [5.74, 6) is 0.760. The van der Waals surface area contributed by atoms with Crippen molar-refractivity contribution in [2.24, 2.45) is 5.92 Å². The number of carbonyl (C=O) groups excluding carboxylic acids is 1. The van der Waals surface area contributed by atoms with Crippen molar-refractivity contribution in [3.63, 3.8) is 0 Å². The van der Waals surface area contributed by atoms with Gasteiger partial charge in [-0.25, -0.2) is 0 Å². The van der Waals surface area contributed by atoms with Crippen LogP contribution in [0.4, 0.5) is 5.00 Å². The van der Waals surface area contributed by atoms with Gasteiger partial charge in [0.05, 0.1) is 17.2 Å². The summed E-state index contributed by atoms with van der Waals surface area (Å²) in [7, 11) is 0. The maximum absolute atomic E-state index is 12.5. The van der Waals surface area contributed by atoms with Crippen molar-refractivity contribution in [3.8, 4) is 11.8 Å². The van der Waals surface area contributed by atoms with Crippen LogP contribution >= 0.6 is 35.2 Å². The molecule has 1 aromatic heterocycles. The predicted octanol–water partition coefficient (Wildman–Crippen LogP) is 4.92. The van der Waals surface area contributed by atoms with Gasteiger partial charge in [-0.05, 0) is 68.1 Å². The molecule has 28 heavy (non-hydrogen) atoms. The summed E-state index contributed by atoms with van der Waals surface area (Å²) in [6, 6.07) is 7.09. The number of hydrogen-bond donors (Lipinski definition) is 2. The molecule has 1 aromatic carbocycles. The van der Waals surface area contributed by atoms with Crippen molar-refractivity contribution in [1.82, 2.24) is 5.32 Å². The monoisotopic (exact) mass is 433 g/mol. The Kier molecular flexibility index (Phi) is 6.55. The first-order chi connectivity index (χ1) is 13.4. The van der Waals surface area contributed by atoms with Gasteiger partial charge in [0.25, 0.3) is 5.91 Å². The number of ether oxygens (including phenoxy) is 1. The van der Waals surface area contributed by atoms with Gasteiger partial charge < -0.3 is 10.1 Å². The Morgan fingerprint density at radius 3 is 2.96 bits per heavy atom. The fourth-order valence-electron chi connectivity index (χ4n) is 3.18. The Bertz CT molecular complexity index is 965. The molecule has 0 saturated heterocycles. The van der Waals surface area contributed by atoms with E-state index in [2.05, 4.69) is 23.6 Å². The molecule has 0 aliphatic heterocycles. The van der Waals surface area contributed by atoms with E-state index >= 15 is 0 Å². The SMILES string of the molecule is CCOc1ccc(C(=O)NC(=S)Nc2sc3c(c2C#N)CC[C@@H](C)C3)cc1Cl. The molecule has 1 heterocycles. The van der Waals surface area contributed by atoms with Crippen molar-refractivity contribution in [1.29, 1.82) is 5.26 Å². The Labute approximate surface area is 178 Å². The summed E-state index contributed by atoms with van der Waals surface area (Å²) in [5, 5.41) is 16.4. The van der Waals surface area contributed by atoms with Crippen LogP contribution in [0.15, 0.2) is 18.2 Å². The van der Waals surface area contributed by atoms with Crippen molar-refractivity contribution in [2.45, 2.75) is 33.1 Å². The highest BCUT2D eigenvalue weighted by Crippen LogP contribution is 2.39. The van der Waals surface area contributed by atoms with Crippen LogP contribution in [-0.4, -0.2) is 17.6 Å².